The molecule has 0 aliphatic heterocycles. The minimum absolute atomic E-state index is 0.0294. The molecule has 2 aromatic carbocycles. The van der Waals surface area contributed by atoms with E-state index < -0.39 is 0 Å². The maximum absolute atomic E-state index is 12.3. The normalized spacial score (nSPS) is 10.6. The smallest absolute Gasteiger partial charge is 0.225 e. The number of anilines is 1. The molecule has 0 radical (unpaired) electrons. The van der Waals surface area contributed by atoms with Gasteiger partial charge in [0.25, 0.3) is 0 Å². The van der Waals surface area contributed by atoms with Gasteiger partial charge in [-0.25, -0.2) is 0 Å². The molecule has 3 rings (SSSR count). The number of amides is 1. The fraction of sp³-hybridized carbons (Fsp3) is 0.250. The third-order valence-corrected chi connectivity index (χ3v) is 5.01. The average molecular weight is 382 g/mol. The molecule has 1 heterocycles. The number of benzene rings is 2. The average Bonchev–Trinajstić information content (AvgIpc) is 3.04. The summed E-state index contributed by atoms with van der Waals surface area (Å²) in [6.45, 7) is 3.86. The number of aryl methyl sites for hydroxylation is 2. The van der Waals surface area contributed by atoms with Gasteiger partial charge in [0.1, 0.15) is 11.6 Å². The van der Waals surface area contributed by atoms with E-state index in [4.69, 9.17) is 4.74 Å². The lowest BCUT2D eigenvalue weighted by molar-refractivity contribution is -0.115. The second kappa shape index (κ2) is 8.73. The number of carbonyl (C=O) groups excluding carboxylic acids is 1. The van der Waals surface area contributed by atoms with Crippen LogP contribution in [-0.2, 0) is 4.79 Å². The summed E-state index contributed by atoms with van der Waals surface area (Å²) in [5.41, 5.74) is 2.78. The van der Waals surface area contributed by atoms with E-state index in [9.17, 15) is 4.79 Å². The molecule has 0 aliphatic carbocycles. The van der Waals surface area contributed by atoms with Crippen LogP contribution in [0.25, 0.3) is 5.69 Å². The van der Waals surface area contributed by atoms with Crippen LogP contribution in [0.1, 0.15) is 17.8 Å². The molecule has 0 atom stereocenters. The Bertz CT molecular complexity index is 925. The van der Waals surface area contributed by atoms with Crippen molar-refractivity contribution in [2.45, 2.75) is 25.4 Å². The van der Waals surface area contributed by atoms with Gasteiger partial charge in [-0.1, -0.05) is 30.0 Å². The van der Waals surface area contributed by atoms with Crippen molar-refractivity contribution in [3.05, 3.63) is 59.9 Å². The summed E-state index contributed by atoms with van der Waals surface area (Å²) in [4.78, 5) is 12.3. The number of ether oxygens (including phenoxy) is 1. The minimum atomic E-state index is -0.0294. The Morgan fingerprint density at radius 2 is 1.93 bits per heavy atom. The summed E-state index contributed by atoms with van der Waals surface area (Å²) in [6.07, 6.45) is 0.386. The van der Waals surface area contributed by atoms with E-state index in [1.165, 1.54) is 11.8 Å². The number of rotatable bonds is 7. The highest BCUT2D eigenvalue weighted by Crippen LogP contribution is 2.23. The first-order valence-electron chi connectivity index (χ1n) is 8.63. The van der Waals surface area contributed by atoms with Crippen LogP contribution in [0.15, 0.2) is 53.7 Å². The highest BCUT2D eigenvalue weighted by molar-refractivity contribution is 7.99. The molecule has 6 nitrogen and oxygen atoms in total. The summed E-state index contributed by atoms with van der Waals surface area (Å²) in [7, 11) is 1.63. The van der Waals surface area contributed by atoms with Gasteiger partial charge in [-0.2, -0.15) is 0 Å². The van der Waals surface area contributed by atoms with Gasteiger partial charge >= 0.3 is 0 Å². The number of carbonyl (C=O) groups is 1. The van der Waals surface area contributed by atoms with Crippen molar-refractivity contribution in [1.82, 2.24) is 14.8 Å². The predicted molar refractivity (Wildman–Crippen MR) is 108 cm³/mol. The number of methoxy groups -OCH3 is 1. The SMILES string of the molecule is COc1ccc(NC(=O)CCSc2nnc(C)n2-c2ccccc2)c(C)c1. The van der Waals surface area contributed by atoms with Crippen LogP contribution in [0, 0.1) is 13.8 Å². The first kappa shape index (κ1) is 19.0. The number of hydrogen-bond donors (Lipinski definition) is 1. The third-order valence-electron chi connectivity index (χ3n) is 4.08. The van der Waals surface area contributed by atoms with E-state index in [-0.39, 0.29) is 5.91 Å². The van der Waals surface area contributed by atoms with E-state index in [0.717, 1.165) is 33.7 Å². The highest BCUT2D eigenvalue weighted by atomic mass is 32.2. The number of para-hydroxylation sites is 1. The van der Waals surface area contributed by atoms with Crippen molar-refractivity contribution in [3.8, 4) is 11.4 Å². The van der Waals surface area contributed by atoms with Crippen molar-refractivity contribution in [1.29, 1.82) is 0 Å². The third kappa shape index (κ3) is 4.68. The fourth-order valence-corrected chi connectivity index (χ4v) is 3.60. The molecule has 0 unspecified atom stereocenters. The Hall–Kier alpha value is -2.80. The van der Waals surface area contributed by atoms with Gasteiger partial charge in [-0.15, -0.1) is 10.2 Å². The number of hydrogen-bond acceptors (Lipinski definition) is 5. The van der Waals surface area contributed by atoms with E-state index in [1.807, 2.05) is 66.9 Å². The van der Waals surface area contributed by atoms with E-state index in [2.05, 4.69) is 15.5 Å². The molecular formula is C20H22N4O2S. The fourth-order valence-electron chi connectivity index (χ4n) is 2.66. The van der Waals surface area contributed by atoms with Crippen LogP contribution in [0.5, 0.6) is 5.75 Å². The predicted octanol–water partition coefficient (Wildman–Crippen LogP) is 4.01. The summed E-state index contributed by atoms with van der Waals surface area (Å²) >= 11 is 1.52. The topological polar surface area (TPSA) is 69.0 Å². The van der Waals surface area contributed by atoms with Crippen LogP contribution in [0.3, 0.4) is 0 Å². The summed E-state index contributed by atoms with van der Waals surface area (Å²) < 4.78 is 7.18. The maximum atomic E-state index is 12.3. The van der Waals surface area contributed by atoms with Gasteiger partial charge in [0.15, 0.2) is 5.16 Å². The lowest BCUT2D eigenvalue weighted by atomic mass is 10.2. The summed E-state index contributed by atoms with van der Waals surface area (Å²) in [5, 5.41) is 12.1. The van der Waals surface area contributed by atoms with E-state index in [1.54, 1.807) is 7.11 Å². The van der Waals surface area contributed by atoms with Crippen LogP contribution in [-0.4, -0.2) is 33.5 Å². The second-order valence-electron chi connectivity index (χ2n) is 6.03. The van der Waals surface area contributed by atoms with E-state index >= 15 is 0 Å². The Morgan fingerprint density at radius 1 is 1.15 bits per heavy atom. The van der Waals surface area contributed by atoms with Crippen LogP contribution >= 0.6 is 11.8 Å². The molecule has 140 valence electrons. The van der Waals surface area contributed by atoms with E-state index in [0.29, 0.717) is 12.2 Å². The first-order chi connectivity index (χ1) is 13.1. The van der Waals surface area contributed by atoms with Crippen molar-refractivity contribution in [2.75, 3.05) is 18.2 Å². The van der Waals surface area contributed by atoms with Gasteiger partial charge in [0.05, 0.1) is 7.11 Å². The molecule has 0 saturated carbocycles. The van der Waals surface area contributed by atoms with Crippen LogP contribution < -0.4 is 10.1 Å². The monoisotopic (exact) mass is 382 g/mol. The lowest BCUT2D eigenvalue weighted by Crippen LogP contribution is -2.13. The molecule has 27 heavy (non-hydrogen) atoms. The van der Waals surface area contributed by atoms with Gasteiger partial charge < -0.3 is 10.1 Å². The zero-order valence-electron chi connectivity index (χ0n) is 15.6. The van der Waals surface area contributed by atoms with Crippen molar-refractivity contribution < 1.29 is 9.53 Å². The number of thioether (sulfide) groups is 1. The Kier molecular flexibility index (Phi) is 6.13. The largest absolute Gasteiger partial charge is 0.497 e. The number of nitrogens with one attached hydrogen (secondary N) is 1. The number of aromatic nitrogens is 3. The quantitative estimate of drug-likeness (QED) is 0.625. The van der Waals surface area contributed by atoms with Crippen molar-refractivity contribution >= 4 is 23.4 Å². The molecule has 3 aromatic rings. The minimum Gasteiger partial charge on any atom is -0.497 e. The summed E-state index contributed by atoms with van der Waals surface area (Å²) in [5.74, 6) is 2.18. The van der Waals surface area contributed by atoms with Gasteiger partial charge in [0.2, 0.25) is 5.91 Å². The molecule has 1 amide bonds. The molecule has 1 N–H and O–H groups in total. The van der Waals surface area contributed by atoms with Gasteiger partial charge in [0, 0.05) is 23.5 Å². The van der Waals surface area contributed by atoms with Crippen molar-refractivity contribution in [3.63, 3.8) is 0 Å². The maximum Gasteiger partial charge on any atom is 0.225 e. The Labute approximate surface area is 163 Å². The molecule has 0 bridgehead atoms. The Balaban J connectivity index is 1.58. The molecular weight excluding hydrogens is 360 g/mol. The lowest BCUT2D eigenvalue weighted by Gasteiger charge is -2.10. The van der Waals surface area contributed by atoms with Crippen LogP contribution in [0.2, 0.25) is 0 Å². The second-order valence-corrected chi connectivity index (χ2v) is 7.09. The molecule has 1 aromatic heterocycles. The Morgan fingerprint density at radius 3 is 2.63 bits per heavy atom. The standard InChI is InChI=1S/C20H22N4O2S/c1-14-13-17(26-3)9-10-18(14)21-19(25)11-12-27-20-23-22-15(2)24(20)16-7-5-4-6-8-16/h4-10,13H,11-12H2,1-3H3,(H,21,25). The molecule has 0 spiro atoms. The van der Waals surface area contributed by atoms with Crippen molar-refractivity contribution in [2.24, 2.45) is 0 Å². The van der Waals surface area contributed by atoms with Gasteiger partial charge in [-0.3, -0.25) is 9.36 Å². The molecule has 0 aliphatic rings. The zero-order chi connectivity index (χ0) is 19.2. The van der Waals surface area contributed by atoms with Crippen LogP contribution in [0.4, 0.5) is 5.69 Å². The molecule has 0 saturated heterocycles. The van der Waals surface area contributed by atoms with Gasteiger partial charge in [-0.05, 0) is 49.7 Å². The molecule has 0 fully saturated rings. The number of nitrogens with zero attached hydrogens (tertiary/aromatic N) is 3. The first-order valence-corrected chi connectivity index (χ1v) is 9.62. The molecule has 7 heteroatoms. The summed E-state index contributed by atoms with van der Waals surface area (Å²) in [6, 6.07) is 15.6. The highest BCUT2D eigenvalue weighted by Gasteiger charge is 2.12. The zero-order valence-corrected chi connectivity index (χ0v) is 16.4.